The van der Waals surface area contributed by atoms with Crippen molar-refractivity contribution in [3.05, 3.63) is 117 Å². The van der Waals surface area contributed by atoms with Crippen LogP contribution in [0.5, 0.6) is 23.0 Å². The second kappa shape index (κ2) is 14.3. The van der Waals surface area contributed by atoms with Crippen molar-refractivity contribution in [3.8, 4) is 23.0 Å². The number of nitrogens with zero attached hydrogens (tertiary/aromatic N) is 1. The normalized spacial score (nSPS) is 13.9. The molecule has 1 aliphatic heterocycles. The first-order chi connectivity index (χ1) is 21.8. The number of halogens is 2. The Labute approximate surface area is 273 Å². The summed E-state index contributed by atoms with van der Waals surface area (Å²) in [5.41, 5.74) is 2.39. The number of rotatable bonds is 11. The fourth-order valence-electron chi connectivity index (χ4n) is 4.53. The molecule has 0 unspecified atom stereocenters. The molecule has 1 aliphatic rings. The lowest BCUT2D eigenvalue weighted by atomic mass is 10.1. The average Bonchev–Trinajstić information content (AvgIpc) is 3.03. The van der Waals surface area contributed by atoms with Crippen molar-refractivity contribution in [1.29, 1.82) is 0 Å². The molecule has 5 rings (SSSR count). The van der Waals surface area contributed by atoms with Crippen molar-refractivity contribution in [1.82, 2.24) is 5.32 Å². The first kappa shape index (κ1) is 31.6. The van der Waals surface area contributed by atoms with Gasteiger partial charge in [0.15, 0.2) is 23.0 Å². The molecule has 0 aliphatic carbocycles. The van der Waals surface area contributed by atoms with Gasteiger partial charge in [0, 0.05) is 5.02 Å². The van der Waals surface area contributed by atoms with Gasteiger partial charge in [-0.05, 0) is 94.2 Å². The summed E-state index contributed by atoms with van der Waals surface area (Å²) in [6.07, 6.45) is 1.39. The number of nitrogens with one attached hydrogen (secondary N) is 1. The number of imide groups is 2. The largest absolute Gasteiger partial charge is 0.493 e. The standard InChI is InChI=1S/C34H28BrClN2O7/c1-3-43-30-18-23(15-26-32(39)37-34(41)38(33(26)40)25-12-10-24(36)11-13-25)16-27(35)31(30)45-20-22-9-14-28(29(17-22)42-2)44-19-21-7-5-4-6-8-21/h4-18H,3,19-20H2,1-2H3,(H,37,39,41)/b26-15-. The lowest BCUT2D eigenvalue weighted by Gasteiger charge is -2.26. The zero-order chi connectivity index (χ0) is 31.9. The van der Waals surface area contributed by atoms with Crippen LogP contribution in [0.4, 0.5) is 10.5 Å². The van der Waals surface area contributed by atoms with E-state index in [0.717, 1.165) is 16.0 Å². The number of carbonyl (C=O) groups excluding carboxylic acids is 3. The van der Waals surface area contributed by atoms with Crippen LogP contribution in [0.1, 0.15) is 23.6 Å². The van der Waals surface area contributed by atoms with E-state index >= 15 is 0 Å². The molecule has 0 aromatic heterocycles. The Hall–Kier alpha value is -4.80. The van der Waals surface area contributed by atoms with Crippen LogP contribution in [0.3, 0.4) is 0 Å². The Bertz CT molecular complexity index is 1760. The van der Waals surface area contributed by atoms with E-state index in [0.29, 0.717) is 51.3 Å². The molecule has 230 valence electrons. The number of carbonyl (C=O) groups is 3. The molecule has 4 aromatic carbocycles. The van der Waals surface area contributed by atoms with Gasteiger partial charge in [-0.3, -0.25) is 14.9 Å². The van der Waals surface area contributed by atoms with Gasteiger partial charge in [0.25, 0.3) is 11.8 Å². The second-order valence-corrected chi connectivity index (χ2v) is 11.0. The predicted molar refractivity (Wildman–Crippen MR) is 174 cm³/mol. The van der Waals surface area contributed by atoms with Gasteiger partial charge in [-0.25, -0.2) is 9.69 Å². The number of ether oxygens (including phenoxy) is 4. The Kier molecular flexibility index (Phi) is 10.1. The molecule has 11 heteroatoms. The molecule has 9 nitrogen and oxygen atoms in total. The van der Waals surface area contributed by atoms with Crippen molar-refractivity contribution in [3.63, 3.8) is 0 Å². The smallest absolute Gasteiger partial charge is 0.335 e. The van der Waals surface area contributed by atoms with E-state index in [1.807, 2.05) is 55.5 Å². The van der Waals surface area contributed by atoms with Gasteiger partial charge in [0.05, 0.1) is 23.9 Å². The summed E-state index contributed by atoms with van der Waals surface area (Å²) >= 11 is 9.49. The highest BCUT2D eigenvalue weighted by molar-refractivity contribution is 9.10. The Morgan fingerprint density at radius 2 is 1.56 bits per heavy atom. The highest BCUT2D eigenvalue weighted by Gasteiger charge is 2.37. The maximum Gasteiger partial charge on any atom is 0.335 e. The average molecular weight is 692 g/mol. The zero-order valence-corrected chi connectivity index (χ0v) is 26.7. The van der Waals surface area contributed by atoms with Gasteiger partial charge < -0.3 is 18.9 Å². The van der Waals surface area contributed by atoms with Gasteiger partial charge >= 0.3 is 6.03 Å². The Balaban J connectivity index is 1.35. The molecular formula is C34H28BrClN2O7. The van der Waals surface area contributed by atoms with Crippen LogP contribution in [0, 0.1) is 0 Å². The maximum atomic E-state index is 13.3. The number of hydrogen-bond donors (Lipinski definition) is 1. The third kappa shape index (κ3) is 7.47. The lowest BCUT2D eigenvalue weighted by Crippen LogP contribution is -2.54. The minimum absolute atomic E-state index is 0.188. The number of barbiturate groups is 1. The summed E-state index contributed by atoms with van der Waals surface area (Å²) in [4.78, 5) is 39.4. The van der Waals surface area contributed by atoms with Crippen molar-refractivity contribution in [2.45, 2.75) is 20.1 Å². The van der Waals surface area contributed by atoms with Crippen LogP contribution >= 0.6 is 27.5 Å². The number of methoxy groups -OCH3 is 1. The third-order valence-electron chi connectivity index (χ3n) is 6.68. The maximum absolute atomic E-state index is 13.3. The lowest BCUT2D eigenvalue weighted by molar-refractivity contribution is -0.122. The fourth-order valence-corrected chi connectivity index (χ4v) is 5.24. The predicted octanol–water partition coefficient (Wildman–Crippen LogP) is 7.33. The van der Waals surface area contributed by atoms with Crippen LogP contribution in [-0.4, -0.2) is 31.6 Å². The Morgan fingerprint density at radius 3 is 2.27 bits per heavy atom. The monoisotopic (exact) mass is 690 g/mol. The quantitative estimate of drug-likeness (QED) is 0.130. The molecule has 45 heavy (non-hydrogen) atoms. The SMILES string of the molecule is CCOc1cc(/C=C2/C(=O)NC(=O)N(c3ccc(Cl)cc3)C2=O)cc(Br)c1OCc1ccc(OCc2ccccc2)c(OC)c1. The summed E-state index contributed by atoms with van der Waals surface area (Å²) in [6.45, 7) is 2.76. The Morgan fingerprint density at radius 1 is 0.822 bits per heavy atom. The van der Waals surface area contributed by atoms with Gasteiger partial charge in [-0.2, -0.15) is 0 Å². The molecule has 0 atom stereocenters. The molecule has 1 saturated heterocycles. The zero-order valence-electron chi connectivity index (χ0n) is 24.3. The summed E-state index contributed by atoms with van der Waals surface area (Å²) in [5, 5.41) is 2.66. The van der Waals surface area contributed by atoms with E-state index in [-0.39, 0.29) is 17.9 Å². The highest BCUT2D eigenvalue weighted by Crippen LogP contribution is 2.39. The minimum atomic E-state index is -0.850. The van der Waals surface area contributed by atoms with Crippen LogP contribution in [-0.2, 0) is 22.8 Å². The van der Waals surface area contributed by atoms with Crippen LogP contribution in [0.2, 0.25) is 5.02 Å². The van der Waals surface area contributed by atoms with Gasteiger partial charge in [0.1, 0.15) is 18.8 Å². The topological polar surface area (TPSA) is 103 Å². The second-order valence-electron chi connectivity index (χ2n) is 9.75. The first-order valence-corrected chi connectivity index (χ1v) is 15.0. The van der Waals surface area contributed by atoms with Crippen LogP contribution < -0.4 is 29.2 Å². The highest BCUT2D eigenvalue weighted by atomic mass is 79.9. The van der Waals surface area contributed by atoms with E-state index in [9.17, 15) is 14.4 Å². The van der Waals surface area contributed by atoms with E-state index in [1.54, 1.807) is 31.4 Å². The first-order valence-electron chi connectivity index (χ1n) is 13.9. The molecule has 0 spiro atoms. The van der Waals surface area contributed by atoms with Crippen molar-refractivity contribution in [2.24, 2.45) is 0 Å². The molecule has 0 radical (unpaired) electrons. The summed E-state index contributed by atoms with van der Waals surface area (Å²) < 4.78 is 24.1. The summed E-state index contributed by atoms with van der Waals surface area (Å²) in [6, 6.07) is 24.0. The number of urea groups is 1. The summed E-state index contributed by atoms with van der Waals surface area (Å²) in [7, 11) is 1.58. The number of hydrogen-bond acceptors (Lipinski definition) is 7. The molecule has 4 aromatic rings. The summed E-state index contributed by atoms with van der Waals surface area (Å²) in [5.74, 6) is 0.416. The van der Waals surface area contributed by atoms with E-state index in [4.69, 9.17) is 30.5 Å². The molecule has 1 fully saturated rings. The van der Waals surface area contributed by atoms with E-state index in [1.165, 1.54) is 18.2 Å². The molecule has 1 heterocycles. The molecule has 4 amide bonds. The van der Waals surface area contributed by atoms with Gasteiger partial charge in [-0.15, -0.1) is 0 Å². The number of amides is 4. The van der Waals surface area contributed by atoms with Gasteiger partial charge in [-0.1, -0.05) is 48.0 Å². The number of benzene rings is 4. The number of anilines is 1. The van der Waals surface area contributed by atoms with Gasteiger partial charge in [0.2, 0.25) is 0 Å². The van der Waals surface area contributed by atoms with Crippen molar-refractivity contribution in [2.75, 3.05) is 18.6 Å². The van der Waals surface area contributed by atoms with Crippen molar-refractivity contribution < 1.29 is 33.3 Å². The van der Waals surface area contributed by atoms with Crippen LogP contribution in [0.25, 0.3) is 6.08 Å². The molecular weight excluding hydrogens is 664 g/mol. The molecule has 0 bridgehead atoms. The third-order valence-corrected chi connectivity index (χ3v) is 7.52. The van der Waals surface area contributed by atoms with Crippen LogP contribution in [0.15, 0.2) is 95.0 Å². The fraction of sp³-hybridized carbons (Fsp3) is 0.147. The molecule has 0 saturated carbocycles. The minimum Gasteiger partial charge on any atom is -0.493 e. The molecule has 1 N–H and O–H groups in total. The van der Waals surface area contributed by atoms with E-state index < -0.39 is 17.8 Å². The van der Waals surface area contributed by atoms with Crippen molar-refractivity contribution >= 4 is 57.1 Å². The van der Waals surface area contributed by atoms with E-state index in [2.05, 4.69) is 21.2 Å².